The fourth-order valence-corrected chi connectivity index (χ4v) is 2.64. The first-order chi connectivity index (χ1) is 13.0. The zero-order valence-electron chi connectivity index (χ0n) is 15.1. The van der Waals surface area contributed by atoms with Gasteiger partial charge in [-0.05, 0) is 48.0 Å². The van der Waals surface area contributed by atoms with Crippen LogP contribution >= 0.6 is 11.6 Å². The monoisotopic (exact) mass is 390 g/mol. The number of nitrogens with zero attached hydrogens (tertiary/aromatic N) is 3. The van der Waals surface area contributed by atoms with E-state index in [1.54, 1.807) is 51.5 Å². The van der Waals surface area contributed by atoms with E-state index in [1.165, 1.54) is 4.85 Å². The number of carbonyl (C=O) groups excluding carboxylic acids is 1. The number of ether oxygens (including phenoxy) is 2. The van der Waals surface area contributed by atoms with E-state index in [0.717, 1.165) is 5.56 Å². The van der Waals surface area contributed by atoms with E-state index < -0.39 is 6.10 Å². The number of halogens is 1. The number of hydrogen-bond acceptors (Lipinski definition) is 6. The van der Waals surface area contributed by atoms with Gasteiger partial charge in [0.25, 0.3) is 5.91 Å². The molecule has 0 bridgehead atoms. The molecule has 0 aliphatic rings. The number of hydrogen-bond donors (Lipinski definition) is 1. The summed E-state index contributed by atoms with van der Waals surface area (Å²) >= 11 is 5.99. The number of nitrogens with one attached hydrogen (secondary N) is 1. The van der Waals surface area contributed by atoms with Crippen molar-refractivity contribution in [1.82, 2.24) is 20.5 Å². The maximum absolute atomic E-state index is 12.3. The van der Waals surface area contributed by atoms with Gasteiger partial charge < -0.3 is 19.6 Å². The molecule has 0 aliphatic carbocycles. The molecule has 0 radical (unpaired) electrons. The molecular formula is C18H19ClN4O4. The number of fused-ring (bicyclic) bond motifs is 1. The molecule has 1 N–H and O–H groups in total. The first-order valence-corrected chi connectivity index (χ1v) is 8.56. The molecule has 1 aromatic heterocycles. The van der Waals surface area contributed by atoms with Gasteiger partial charge in [-0.1, -0.05) is 22.5 Å². The summed E-state index contributed by atoms with van der Waals surface area (Å²) in [5.74, 6) is 0.927. The fraction of sp³-hybridized carbons (Fsp3) is 0.278. The summed E-state index contributed by atoms with van der Waals surface area (Å²) in [6.07, 6.45) is -0.783. The van der Waals surface area contributed by atoms with E-state index in [4.69, 9.17) is 25.9 Å². The minimum absolute atomic E-state index is 0.296. The highest BCUT2D eigenvalue weighted by atomic mass is 35.5. The number of rotatable bonds is 7. The highest BCUT2D eigenvalue weighted by Gasteiger charge is 2.17. The molecule has 9 heteroatoms. The van der Waals surface area contributed by atoms with Crippen molar-refractivity contribution >= 4 is 28.5 Å². The van der Waals surface area contributed by atoms with Crippen LogP contribution in [0.15, 0.2) is 36.4 Å². The molecule has 1 heterocycles. The van der Waals surface area contributed by atoms with Crippen LogP contribution in [-0.4, -0.2) is 41.4 Å². The number of aromatic nitrogens is 3. The minimum atomic E-state index is -0.783. The summed E-state index contributed by atoms with van der Waals surface area (Å²) < 4.78 is 10.5. The van der Waals surface area contributed by atoms with E-state index in [1.807, 2.05) is 6.07 Å². The number of amides is 1. The molecule has 0 spiro atoms. The lowest BCUT2D eigenvalue weighted by Crippen LogP contribution is -2.39. The van der Waals surface area contributed by atoms with Crippen LogP contribution in [0, 0.1) is 0 Å². The predicted molar refractivity (Wildman–Crippen MR) is 100.0 cm³/mol. The normalized spacial score (nSPS) is 11.9. The molecule has 0 saturated heterocycles. The van der Waals surface area contributed by atoms with Crippen LogP contribution in [-0.2, 0) is 11.3 Å². The van der Waals surface area contributed by atoms with E-state index in [9.17, 15) is 4.79 Å². The standard InChI is InChI=1S/C18H19ClN4O4/c1-11(27-23-15-9-13(19)5-6-14(15)21-22-23)18(24)20-10-12-4-7-16(25-2)17(8-12)26-3/h4-9,11H,10H2,1-3H3,(H,20,24). The van der Waals surface area contributed by atoms with Crippen molar-refractivity contribution in [2.75, 3.05) is 14.2 Å². The molecule has 2 aromatic carbocycles. The Morgan fingerprint density at radius 2 is 1.96 bits per heavy atom. The van der Waals surface area contributed by atoms with E-state index in [0.29, 0.717) is 34.1 Å². The molecule has 3 rings (SSSR count). The van der Waals surface area contributed by atoms with Crippen molar-refractivity contribution in [3.8, 4) is 11.5 Å². The lowest BCUT2D eigenvalue weighted by molar-refractivity contribution is -0.133. The summed E-state index contributed by atoms with van der Waals surface area (Å²) in [5.41, 5.74) is 2.07. The maximum Gasteiger partial charge on any atom is 0.263 e. The van der Waals surface area contributed by atoms with Crippen LogP contribution in [0.25, 0.3) is 11.0 Å². The van der Waals surface area contributed by atoms with E-state index in [-0.39, 0.29) is 5.91 Å². The molecule has 1 amide bonds. The first-order valence-electron chi connectivity index (χ1n) is 8.18. The van der Waals surface area contributed by atoms with Crippen molar-refractivity contribution in [3.05, 3.63) is 47.0 Å². The van der Waals surface area contributed by atoms with Crippen molar-refractivity contribution in [3.63, 3.8) is 0 Å². The van der Waals surface area contributed by atoms with Crippen molar-refractivity contribution < 1.29 is 19.1 Å². The average molecular weight is 391 g/mol. The minimum Gasteiger partial charge on any atom is -0.493 e. The van der Waals surface area contributed by atoms with Gasteiger partial charge in [-0.2, -0.15) is 0 Å². The van der Waals surface area contributed by atoms with Gasteiger partial charge in [0.15, 0.2) is 11.5 Å². The maximum atomic E-state index is 12.3. The predicted octanol–water partition coefficient (Wildman–Crippen LogP) is 2.24. The Labute approximate surface area is 160 Å². The van der Waals surface area contributed by atoms with Crippen LogP contribution < -0.4 is 19.6 Å². The number of methoxy groups -OCH3 is 2. The Balaban J connectivity index is 1.63. The fourth-order valence-electron chi connectivity index (χ4n) is 2.47. The molecule has 27 heavy (non-hydrogen) atoms. The Hall–Kier alpha value is -3.00. The topological polar surface area (TPSA) is 87.5 Å². The lowest BCUT2D eigenvalue weighted by Gasteiger charge is -2.14. The second-order valence-corrected chi connectivity index (χ2v) is 6.19. The highest BCUT2D eigenvalue weighted by molar-refractivity contribution is 6.31. The number of benzene rings is 2. The average Bonchev–Trinajstić information content (AvgIpc) is 3.07. The molecular weight excluding hydrogens is 372 g/mol. The van der Waals surface area contributed by atoms with Gasteiger partial charge in [0, 0.05) is 11.6 Å². The van der Waals surface area contributed by atoms with E-state index in [2.05, 4.69) is 15.6 Å². The Morgan fingerprint density at radius 1 is 1.19 bits per heavy atom. The summed E-state index contributed by atoms with van der Waals surface area (Å²) in [5, 5.41) is 11.2. The lowest BCUT2D eigenvalue weighted by atomic mass is 10.2. The molecule has 1 unspecified atom stereocenters. The second-order valence-electron chi connectivity index (χ2n) is 5.75. The molecule has 0 saturated carbocycles. The van der Waals surface area contributed by atoms with Crippen LogP contribution in [0.5, 0.6) is 11.5 Å². The third-order valence-electron chi connectivity index (χ3n) is 3.92. The molecule has 142 valence electrons. The SMILES string of the molecule is COc1ccc(CNC(=O)C(C)On2nnc3ccc(Cl)cc32)cc1OC. The van der Waals surface area contributed by atoms with Crippen molar-refractivity contribution in [2.24, 2.45) is 0 Å². The van der Waals surface area contributed by atoms with Gasteiger partial charge in [-0.3, -0.25) is 4.79 Å². The summed E-state index contributed by atoms with van der Waals surface area (Å²) in [7, 11) is 3.13. The molecule has 1 atom stereocenters. The Bertz CT molecular complexity index is 960. The van der Waals surface area contributed by atoms with Crippen molar-refractivity contribution in [1.29, 1.82) is 0 Å². The van der Waals surface area contributed by atoms with Crippen LogP contribution in [0.2, 0.25) is 5.02 Å². The van der Waals surface area contributed by atoms with Crippen LogP contribution in [0.1, 0.15) is 12.5 Å². The molecule has 0 aliphatic heterocycles. The molecule has 0 fully saturated rings. The van der Waals surface area contributed by atoms with Gasteiger partial charge in [0.2, 0.25) is 6.10 Å². The summed E-state index contributed by atoms with van der Waals surface area (Å²) in [6, 6.07) is 10.5. The second kappa shape index (κ2) is 8.13. The van der Waals surface area contributed by atoms with Gasteiger partial charge in [-0.25, -0.2) is 0 Å². The summed E-state index contributed by atoms with van der Waals surface area (Å²) in [6.45, 7) is 1.94. The van der Waals surface area contributed by atoms with Gasteiger partial charge in [0.05, 0.1) is 14.2 Å². The highest BCUT2D eigenvalue weighted by Crippen LogP contribution is 2.27. The zero-order chi connectivity index (χ0) is 19.4. The van der Waals surface area contributed by atoms with Gasteiger partial charge in [0.1, 0.15) is 11.0 Å². The Kier molecular flexibility index (Phi) is 5.66. The summed E-state index contributed by atoms with van der Waals surface area (Å²) in [4.78, 5) is 19.1. The quantitative estimate of drug-likeness (QED) is 0.665. The largest absolute Gasteiger partial charge is 0.493 e. The number of carbonyl (C=O) groups is 1. The first kappa shape index (κ1) is 18.8. The van der Waals surface area contributed by atoms with Gasteiger partial charge >= 0.3 is 0 Å². The van der Waals surface area contributed by atoms with Crippen LogP contribution in [0.4, 0.5) is 0 Å². The smallest absolute Gasteiger partial charge is 0.263 e. The van der Waals surface area contributed by atoms with Gasteiger partial charge in [-0.15, -0.1) is 5.10 Å². The Morgan fingerprint density at radius 3 is 2.70 bits per heavy atom. The van der Waals surface area contributed by atoms with Crippen LogP contribution in [0.3, 0.4) is 0 Å². The van der Waals surface area contributed by atoms with Crippen molar-refractivity contribution in [2.45, 2.75) is 19.6 Å². The third kappa shape index (κ3) is 4.22. The zero-order valence-corrected chi connectivity index (χ0v) is 15.9. The van der Waals surface area contributed by atoms with E-state index >= 15 is 0 Å². The molecule has 3 aromatic rings. The molecule has 8 nitrogen and oxygen atoms in total. The third-order valence-corrected chi connectivity index (χ3v) is 4.15.